The number of nitrogens with zero attached hydrogens (tertiary/aromatic N) is 2. The Labute approximate surface area is 252 Å². The average molecular weight is 621 g/mol. The molecule has 0 aliphatic heterocycles. The molecule has 41 heavy (non-hydrogen) atoms. The smallest absolute Gasteiger partial charge is 0.244 e. The van der Waals surface area contributed by atoms with E-state index in [4.69, 9.17) is 27.9 Å². The summed E-state index contributed by atoms with van der Waals surface area (Å²) < 4.78 is 32.1. The molecule has 2 amide bonds. The molecule has 0 bridgehead atoms. The van der Waals surface area contributed by atoms with Crippen molar-refractivity contribution in [2.75, 3.05) is 24.2 Å². The Morgan fingerprint density at radius 1 is 0.951 bits per heavy atom. The van der Waals surface area contributed by atoms with Crippen molar-refractivity contribution >= 4 is 50.7 Å². The minimum atomic E-state index is -3.98. The van der Waals surface area contributed by atoms with E-state index in [1.807, 2.05) is 57.2 Å². The Bertz CT molecular complexity index is 1480. The molecule has 1 unspecified atom stereocenters. The molecule has 0 radical (unpaired) electrons. The summed E-state index contributed by atoms with van der Waals surface area (Å²) in [5.74, 6) is -0.388. The number of anilines is 1. The Hall–Kier alpha value is -3.27. The lowest BCUT2D eigenvalue weighted by atomic mass is 10.0. The van der Waals surface area contributed by atoms with Crippen molar-refractivity contribution in [3.05, 3.63) is 94.0 Å². The van der Waals surface area contributed by atoms with Crippen LogP contribution in [-0.4, -0.2) is 56.6 Å². The van der Waals surface area contributed by atoms with E-state index in [1.54, 1.807) is 24.3 Å². The van der Waals surface area contributed by atoms with Gasteiger partial charge >= 0.3 is 0 Å². The fraction of sp³-hybridized carbons (Fsp3) is 0.333. The molecule has 0 fully saturated rings. The number of nitrogens with one attached hydrogen (secondary N) is 1. The van der Waals surface area contributed by atoms with Gasteiger partial charge in [0.15, 0.2) is 0 Å². The topological polar surface area (TPSA) is 96.0 Å². The lowest BCUT2D eigenvalue weighted by Crippen LogP contribution is -2.56. The molecule has 11 heteroatoms. The molecule has 3 aromatic rings. The van der Waals surface area contributed by atoms with E-state index in [-0.39, 0.29) is 34.6 Å². The zero-order chi connectivity index (χ0) is 30.4. The number of carbonyl (C=O) groups excluding carboxylic acids is 2. The molecule has 1 N–H and O–H groups in total. The summed E-state index contributed by atoms with van der Waals surface area (Å²) in [4.78, 5) is 29.3. The van der Waals surface area contributed by atoms with Gasteiger partial charge in [-0.2, -0.15) is 0 Å². The summed E-state index contributed by atoms with van der Waals surface area (Å²) >= 11 is 12.5. The normalized spacial score (nSPS) is 12.4. The first-order valence-corrected chi connectivity index (χ1v) is 15.5. The van der Waals surface area contributed by atoms with Crippen LogP contribution in [0.5, 0.6) is 5.75 Å². The standard InChI is InChI=1S/C30H35Cl2N3O5S/c1-30(2,3)33-29(37)26(18-21-11-7-6-8-12-21)34(19-22-13-9-14-23(17-22)40-4)27(36)20-35(41(5,38)39)25-16-10-15-24(31)28(25)32/h6-17,26H,18-20H2,1-5H3,(H,33,37). The van der Waals surface area contributed by atoms with Crippen LogP contribution in [0.25, 0.3) is 0 Å². The summed E-state index contributed by atoms with van der Waals surface area (Å²) in [6.07, 6.45) is 1.19. The first-order valence-electron chi connectivity index (χ1n) is 12.9. The van der Waals surface area contributed by atoms with Gasteiger partial charge in [0.25, 0.3) is 0 Å². The second kappa shape index (κ2) is 13.6. The number of hydrogen-bond donors (Lipinski definition) is 1. The van der Waals surface area contributed by atoms with Gasteiger partial charge in [-0.15, -0.1) is 0 Å². The predicted molar refractivity (Wildman–Crippen MR) is 164 cm³/mol. The SMILES string of the molecule is COc1cccc(CN(C(=O)CN(c2cccc(Cl)c2Cl)S(C)(=O)=O)C(Cc2ccccc2)C(=O)NC(C)(C)C)c1. The van der Waals surface area contributed by atoms with Crippen LogP contribution in [0.1, 0.15) is 31.9 Å². The summed E-state index contributed by atoms with van der Waals surface area (Å²) in [5, 5.41) is 3.13. The van der Waals surface area contributed by atoms with Crippen LogP contribution in [0, 0.1) is 0 Å². The summed E-state index contributed by atoms with van der Waals surface area (Å²) in [6.45, 7) is 4.98. The molecule has 0 aliphatic rings. The van der Waals surface area contributed by atoms with Crippen LogP contribution in [0.3, 0.4) is 0 Å². The van der Waals surface area contributed by atoms with Gasteiger partial charge < -0.3 is 15.0 Å². The first kappa shape index (κ1) is 32.2. The van der Waals surface area contributed by atoms with Gasteiger partial charge in [-0.25, -0.2) is 8.42 Å². The molecular weight excluding hydrogens is 585 g/mol. The Kier molecular flexibility index (Phi) is 10.7. The lowest BCUT2D eigenvalue weighted by Gasteiger charge is -2.35. The van der Waals surface area contributed by atoms with E-state index >= 15 is 0 Å². The van der Waals surface area contributed by atoms with Crippen LogP contribution < -0.4 is 14.4 Å². The Balaban J connectivity index is 2.12. The zero-order valence-corrected chi connectivity index (χ0v) is 26.1. The molecule has 0 aromatic heterocycles. The molecule has 220 valence electrons. The lowest BCUT2D eigenvalue weighted by molar-refractivity contribution is -0.140. The fourth-order valence-corrected chi connectivity index (χ4v) is 5.56. The highest BCUT2D eigenvalue weighted by molar-refractivity contribution is 7.92. The van der Waals surface area contributed by atoms with Crippen LogP contribution in [-0.2, 0) is 32.6 Å². The maximum Gasteiger partial charge on any atom is 0.244 e. The fourth-order valence-electron chi connectivity index (χ4n) is 4.25. The van der Waals surface area contributed by atoms with Gasteiger partial charge in [0.2, 0.25) is 21.8 Å². The highest BCUT2D eigenvalue weighted by Gasteiger charge is 2.34. The molecule has 0 aliphatic carbocycles. The number of hydrogen-bond acceptors (Lipinski definition) is 5. The van der Waals surface area contributed by atoms with E-state index < -0.39 is 34.1 Å². The number of halogens is 2. The molecule has 1 atom stereocenters. The molecule has 3 aromatic carbocycles. The van der Waals surface area contributed by atoms with E-state index in [0.29, 0.717) is 11.3 Å². The number of sulfonamides is 1. The molecule has 0 spiro atoms. The minimum absolute atomic E-state index is 0.00181. The van der Waals surface area contributed by atoms with Crippen molar-refractivity contribution in [3.8, 4) is 5.75 Å². The van der Waals surface area contributed by atoms with Crippen molar-refractivity contribution < 1.29 is 22.7 Å². The second-order valence-electron chi connectivity index (χ2n) is 10.7. The molecule has 0 heterocycles. The minimum Gasteiger partial charge on any atom is -0.497 e. The largest absolute Gasteiger partial charge is 0.497 e. The zero-order valence-electron chi connectivity index (χ0n) is 23.7. The number of methoxy groups -OCH3 is 1. The van der Waals surface area contributed by atoms with E-state index in [1.165, 1.54) is 24.1 Å². The molecular formula is C30H35Cl2N3O5S. The highest BCUT2D eigenvalue weighted by atomic mass is 35.5. The predicted octanol–water partition coefficient (Wildman–Crippen LogP) is 5.32. The van der Waals surface area contributed by atoms with Gasteiger partial charge in [-0.05, 0) is 56.2 Å². The molecule has 3 rings (SSSR count). The van der Waals surface area contributed by atoms with Crippen molar-refractivity contribution in [3.63, 3.8) is 0 Å². The van der Waals surface area contributed by atoms with E-state index in [0.717, 1.165) is 16.1 Å². The summed E-state index contributed by atoms with van der Waals surface area (Å²) in [7, 11) is -2.44. The van der Waals surface area contributed by atoms with E-state index in [9.17, 15) is 18.0 Å². The number of rotatable bonds is 11. The Morgan fingerprint density at radius 2 is 1.59 bits per heavy atom. The summed E-state index contributed by atoms with van der Waals surface area (Å²) in [5.41, 5.74) is 1.02. The quantitative estimate of drug-likeness (QED) is 0.313. The van der Waals surface area contributed by atoms with Crippen molar-refractivity contribution in [1.82, 2.24) is 10.2 Å². The monoisotopic (exact) mass is 619 g/mol. The number of ether oxygens (including phenoxy) is 1. The van der Waals surface area contributed by atoms with Crippen LogP contribution in [0.4, 0.5) is 5.69 Å². The van der Waals surface area contributed by atoms with Gasteiger partial charge in [0, 0.05) is 18.5 Å². The maximum atomic E-state index is 14.2. The highest BCUT2D eigenvalue weighted by Crippen LogP contribution is 2.34. The third-order valence-electron chi connectivity index (χ3n) is 6.14. The van der Waals surface area contributed by atoms with Crippen molar-refractivity contribution in [2.45, 2.75) is 45.3 Å². The third-order valence-corrected chi connectivity index (χ3v) is 8.07. The van der Waals surface area contributed by atoms with Crippen LogP contribution in [0.2, 0.25) is 10.0 Å². The van der Waals surface area contributed by atoms with Gasteiger partial charge in [0.05, 0.1) is 29.1 Å². The molecule has 0 saturated carbocycles. The molecule has 8 nitrogen and oxygen atoms in total. The van der Waals surface area contributed by atoms with Crippen LogP contribution >= 0.6 is 23.2 Å². The number of carbonyl (C=O) groups is 2. The van der Waals surface area contributed by atoms with Crippen molar-refractivity contribution in [1.29, 1.82) is 0 Å². The summed E-state index contributed by atoms with van der Waals surface area (Å²) in [6, 6.07) is 20.1. The molecule has 0 saturated heterocycles. The maximum absolute atomic E-state index is 14.2. The second-order valence-corrected chi connectivity index (χ2v) is 13.4. The van der Waals surface area contributed by atoms with Crippen molar-refractivity contribution in [2.24, 2.45) is 0 Å². The van der Waals surface area contributed by atoms with Gasteiger partial charge in [0.1, 0.15) is 18.3 Å². The number of amides is 2. The average Bonchev–Trinajstić information content (AvgIpc) is 2.90. The van der Waals surface area contributed by atoms with Gasteiger partial charge in [-0.1, -0.05) is 71.7 Å². The van der Waals surface area contributed by atoms with Crippen LogP contribution in [0.15, 0.2) is 72.8 Å². The number of benzene rings is 3. The third kappa shape index (κ3) is 9.11. The Morgan fingerprint density at radius 3 is 2.20 bits per heavy atom. The van der Waals surface area contributed by atoms with Gasteiger partial charge in [-0.3, -0.25) is 13.9 Å². The first-order chi connectivity index (χ1) is 19.2. The van der Waals surface area contributed by atoms with E-state index in [2.05, 4.69) is 5.32 Å².